The summed E-state index contributed by atoms with van der Waals surface area (Å²) in [5.74, 6) is 2.53. The van der Waals surface area contributed by atoms with Gasteiger partial charge >= 0.3 is 0 Å². The fourth-order valence-corrected chi connectivity index (χ4v) is 3.18. The molecule has 0 heterocycles. The summed E-state index contributed by atoms with van der Waals surface area (Å²) in [6.45, 7) is 8.53. The minimum Gasteiger partial charge on any atom is -0.353 e. The summed E-state index contributed by atoms with van der Waals surface area (Å²) in [5.41, 5.74) is 0.433. The zero-order valence-electron chi connectivity index (χ0n) is 8.92. The summed E-state index contributed by atoms with van der Waals surface area (Å²) in [6, 6.07) is 0.515. The van der Waals surface area contributed by atoms with Crippen molar-refractivity contribution in [2.75, 3.05) is 0 Å². The van der Waals surface area contributed by atoms with E-state index in [0.717, 1.165) is 17.8 Å². The van der Waals surface area contributed by atoms with E-state index in [1.807, 2.05) is 0 Å². The second kappa shape index (κ2) is 2.49. The topological polar surface area (TPSA) is 29.1 Å². The molecule has 0 aromatic rings. The van der Waals surface area contributed by atoms with E-state index in [0.29, 0.717) is 11.5 Å². The SMILES string of the molecule is CC(=O)NC1C2CC1C2C(C)(C)C. The first-order valence-electron chi connectivity index (χ1n) is 5.18. The molecular formula is C11H19NO. The molecule has 3 rings (SSSR count). The van der Waals surface area contributed by atoms with Crippen LogP contribution in [0.25, 0.3) is 0 Å². The lowest BCUT2D eigenvalue weighted by Gasteiger charge is -2.68. The molecule has 2 heteroatoms. The van der Waals surface area contributed by atoms with Gasteiger partial charge in [0.1, 0.15) is 0 Å². The summed E-state index contributed by atoms with van der Waals surface area (Å²) < 4.78 is 0. The molecule has 0 aliphatic heterocycles. The zero-order chi connectivity index (χ0) is 9.80. The van der Waals surface area contributed by atoms with Crippen LogP contribution in [0.2, 0.25) is 0 Å². The fourth-order valence-electron chi connectivity index (χ4n) is 3.18. The molecule has 0 radical (unpaired) electrons. The highest BCUT2D eigenvalue weighted by Gasteiger charge is 2.64. The van der Waals surface area contributed by atoms with Crippen molar-refractivity contribution in [3.8, 4) is 0 Å². The molecule has 2 bridgehead atoms. The molecule has 1 N–H and O–H groups in total. The predicted octanol–water partition coefficient (Wildman–Crippen LogP) is 1.80. The van der Waals surface area contributed by atoms with Gasteiger partial charge in [-0.05, 0) is 29.6 Å². The van der Waals surface area contributed by atoms with Gasteiger partial charge in [0.2, 0.25) is 5.91 Å². The molecule has 3 saturated carbocycles. The van der Waals surface area contributed by atoms with E-state index in [1.165, 1.54) is 6.42 Å². The quantitative estimate of drug-likeness (QED) is 0.656. The Hall–Kier alpha value is -0.530. The Morgan fingerprint density at radius 3 is 2.15 bits per heavy atom. The molecule has 0 aromatic carbocycles. The van der Waals surface area contributed by atoms with E-state index in [9.17, 15) is 4.79 Å². The monoisotopic (exact) mass is 181 g/mol. The molecule has 2 unspecified atom stereocenters. The van der Waals surface area contributed by atoms with Crippen LogP contribution in [0.1, 0.15) is 34.1 Å². The highest BCUT2D eigenvalue weighted by Crippen LogP contribution is 2.64. The van der Waals surface area contributed by atoms with Crippen molar-refractivity contribution in [3.63, 3.8) is 0 Å². The minimum atomic E-state index is 0.132. The molecular weight excluding hydrogens is 162 g/mol. The lowest BCUT2D eigenvalue weighted by molar-refractivity contribution is -0.180. The second-order valence-corrected chi connectivity index (χ2v) is 5.68. The Kier molecular flexibility index (Phi) is 1.73. The number of carbonyl (C=O) groups is 1. The maximum absolute atomic E-state index is 10.9. The molecule has 3 aliphatic carbocycles. The molecule has 3 aliphatic rings. The van der Waals surface area contributed by atoms with Crippen molar-refractivity contribution in [2.24, 2.45) is 23.2 Å². The van der Waals surface area contributed by atoms with E-state index in [-0.39, 0.29) is 5.91 Å². The summed E-state index contributed by atoms with van der Waals surface area (Å²) in [6.07, 6.45) is 1.34. The number of nitrogens with one attached hydrogen (secondary N) is 1. The van der Waals surface area contributed by atoms with Crippen LogP contribution in [0.4, 0.5) is 0 Å². The van der Waals surface area contributed by atoms with Crippen LogP contribution in [0.5, 0.6) is 0 Å². The van der Waals surface area contributed by atoms with E-state index < -0.39 is 0 Å². The first kappa shape index (κ1) is 9.04. The largest absolute Gasteiger partial charge is 0.353 e. The average Bonchev–Trinajstić information content (AvgIpc) is 1.73. The van der Waals surface area contributed by atoms with Gasteiger partial charge in [-0.2, -0.15) is 0 Å². The number of rotatable bonds is 1. The van der Waals surface area contributed by atoms with Crippen LogP contribution in [-0.2, 0) is 4.79 Å². The second-order valence-electron chi connectivity index (χ2n) is 5.68. The molecule has 3 fully saturated rings. The normalized spacial score (nSPS) is 41.8. The maximum atomic E-state index is 10.9. The Labute approximate surface area is 80.1 Å². The third-order valence-corrected chi connectivity index (χ3v) is 3.76. The van der Waals surface area contributed by atoms with Crippen LogP contribution >= 0.6 is 0 Å². The van der Waals surface area contributed by atoms with Crippen molar-refractivity contribution >= 4 is 5.91 Å². The first-order chi connectivity index (χ1) is 5.91. The van der Waals surface area contributed by atoms with Crippen LogP contribution in [0.3, 0.4) is 0 Å². The third kappa shape index (κ3) is 1.18. The lowest BCUT2D eigenvalue weighted by atomic mass is 9.39. The van der Waals surface area contributed by atoms with E-state index in [1.54, 1.807) is 6.92 Å². The standard InChI is InChI=1S/C11H19NO/c1-6(13)12-10-7-5-8(10)9(7)11(2,3)4/h7-10H,5H2,1-4H3,(H,12,13). The summed E-state index contributed by atoms with van der Waals surface area (Å²) in [4.78, 5) is 10.9. The Morgan fingerprint density at radius 1 is 1.31 bits per heavy atom. The molecule has 13 heavy (non-hydrogen) atoms. The van der Waals surface area contributed by atoms with Crippen LogP contribution in [0, 0.1) is 23.2 Å². The van der Waals surface area contributed by atoms with Crippen molar-refractivity contribution in [1.29, 1.82) is 0 Å². The van der Waals surface area contributed by atoms with Gasteiger partial charge in [0, 0.05) is 13.0 Å². The van der Waals surface area contributed by atoms with E-state index >= 15 is 0 Å². The number of amides is 1. The van der Waals surface area contributed by atoms with Gasteiger partial charge in [-0.1, -0.05) is 20.8 Å². The van der Waals surface area contributed by atoms with Crippen molar-refractivity contribution in [1.82, 2.24) is 5.32 Å². The molecule has 0 spiro atoms. The molecule has 2 nitrogen and oxygen atoms in total. The summed E-state index contributed by atoms with van der Waals surface area (Å²) in [5, 5.41) is 3.04. The smallest absolute Gasteiger partial charge is 0.217 e. The van der Waals surface area contributed by atoms with Crippen LogP contribution in [-0.4, -0.2) is 11.9 Å². The number of hydrogen-bond donors (Lipinski definition) is 1. The van der Waals surface area contributed by atoms with Gasteiger partial charge in [0.05, 0.1) is 0 Å². The van der Waals surface area contributed by atoms with Gasteiger partial charge in [-0.3, -0.25) is 4.79 Å². The summed E-state index contributed by atoms with van der Waals surface area (Å²) >= 11 is 0. The molecule has 0 saturated heterocycles. The number of hydrogen-bond acceptors (Lipinski definition) is 1. The molecule has 2 atom stereocenters. The van der Waals surface area contributed by atoms with Crippen LogP contribution < -0.4 is 5.32 Å². The first-order valence-corrected chi connectivity index (χ1v) is 5.18. The Morgan fingerprint density at radius 2 is 1.85 bits per heavy atom. The van der Waals surface area contributed by atoms with E-state index in [2.05, 4.69) is 26.1 Å². The molecule has 74 valence electrons. The molecule has 0 aromatic heterocycles. The van der Waals surface area contributed by atoms with Gasteiger partial charge < -0.3 is 5.32 Å². The Bertz CT molecular complexity index is 231. The van der Waals surface area contributed by atoms with Crippen molar-refractivity contribution in [2.45, 2.75) is 40.2 Å². The Balaban J connectivity index is 1.90. The van der Waals surface area contributed by atoms with Gasteiger partial charge in [-0.15, -0.1) is 0 Å². The van der Waals surface area contributed by atoms with Crippen LogP contribution in [0.15, 0.2) is 0 Å². The highest BCUT2D eigenvalue weighted by molar-refractivity contribution is 5.73. The third-order valence-electron chi connectivity index (χ3n) is 3.76. The fraction of sp³-hybridized carbons (Fsp3) is 0.909. The van der Waals surface area contributed by atoms with Gasteiger partial charge in [-0.25, -0.2) is 0 Å². The van der Waals surface area contributed by atoms with Gasteiger partial charge in [0.25, 0.3) is 0 Å². The average molecular weight is 181 g/mol. The zero-order valence-corrected chi connectivity index (χ0v) is 8.92. The minimum absolute atomic E-state index is 0.132. The van der Waals surface area contributed by atoms with Crippen molar-refractivity contribution < 1.29 is 4.79 Å². The summed E-state index contributed by atoms with van der Waals surface area (Å²) in [7, 11) is 0. The predicted molar refractivity (Wildman–Crippen MR) is 52.1 cm³/mol. The maximum Gasteiger partial charge on any atom is 0.217 e. The van der Waals surface area contributed by atoms with Crippen molar-refractivity contribution in [3.05, 3.63) is 0 Å². The van der Waals surface area contributed by atoms with E-state index in [4.69, 9.17) is 0 Å². The lowest BCUT2D eigenvalue weighted by Crippen LogP contribution is -2.72. The van der Waals surface area contributed by atoms with Gasteiger partial charge in [0.15, 0.2) is 0 Å². The number of carbonyl (C=O) groups excluding carboxylic acids is 1. The highest BCUT2D eigenvalue weighted by atomic mass is 16.1. The molecule has 1 amide bonds.